The summed E-state index contributed by atoms with van der Waals surface area (Å²) in [4.78, 5) is 115. The average molecular weight is 702 g/mol. The minimum absolute atomic E-state index is 0.00684. The minimum atomic E-state index is -0.936. The van der Waals surface area contributed by atoms with Crippen LogP contribution in [0.15, 0.2) is 0 Å². The third kappa shape index (κ3) is 16.4. The van der Waals surface area contributed by atoms with E-state index in [0.29, 0.717) is 42.4 Å². The van der Waals surface area contributed by atoms with Gasteiger partial charge >= 0.3 is 11.9 Å². The fourth-order valence-electron chi connectivity index (χ4n) is 4.08. The van der Waals surface area contributed by atoms with E-state index in [1.165, 1.54) is 0 Å². The predicted molar refractivity (Wildman–Crippen MR) is 160 cm³/mol. The Morgan fingerprint density at radius 1 is 0.612 bits per heavy atom. The highest BCUT2D eigenvalue weighted by Crippen LogP contribution is 2.13. The van der Waals surface area contributed by atoms with Crippen molar-refractivity contribution in [2.24, 2.45) is 0 Å². The van der Waals surface area contributed by atoms with Gasteiger partial charge in [-0.3, -0.25) is 33.6 Å². The molecule has 49 heavy (non-hydrogen) atoms. The summed E-state index contributed by atoms with van der Waals surface area (Å²) in [6.07, 6.45) is 1.89. The van der Waals surface area contributed by atoms with Crippen LogP contribution in [0.25, 0.3) is 0 Å². The monoisotopic (exact) mass is 701 g/mol. The average Bonchev–Trinajstić information content (AvgIpc) is 3.56. The van der Waals surface area contributed by atoms with Crippen LogP contribution in [0.4, 0.5) is 0 Å². The van der Waals surface area contributed by atoms with E-state index in [1.54, 1.807) is 0 Å². The van der Waals surface area contributed by atoms with E-state index < -0.39 is 66.6 Å². The van der Waals surface area contributed by atoms with Gasteiger partial charge < -0.3 is 44.6 Å². The number of carbonyl (C=O) groups excluding carboxylic acids is 9. The third-order valence-corrected chi connectivity index (χ3v) is 6.49. The lowest BCUT2D eigenvalue weighted by molar-refractivity contribution is -0.200. The van der Waals surface area contributed by atoms with Gasteiger partial charge in [-0.1, -0.05) is 6.92 Å². The molecule has 274 valence electrons. The minimum Gasteiger partial charge on any atom is -0.369 e. The molecule has 2 saturated heterocycles. The van der Waals surface area contributed by atoms with Gasteiger partial charge in [-0.25, -0.2) is 9.59 Å². The molecule has 0 saturated carbocycles. The number of carbonyl (C=O) groups is 9. The van der Waals surface area contributed by atoms with Gasteiger partial charge in [-0.15, -0.1) is 10.1 Å². The van der Waals surface area contributed by atoms with E-state index in [-0.39, 0.29) is 77.8 Å². The second-order valence-corrected chi connectivity index (χ2v) is 10.6. The highest BCUT2D eigenvalue weighted by atomic mass is 16.7. The van der Waals surface area contributed by atoms with E-state index in [0.717, 1.165) is 0 Å². The number of hydroxylamine groups is 4. The second kappa shape index (κ2) is 22.9. The van der Waals surface area contributed by atoms with Crippen LogP contribution in [0.1, 0.15) is 58.3 Å². The van der Waals surface area contributed by atoms with Crippen LogP contribution in [-0.4, -0.2) is 135 Å². The van der Waals surface area contributed by atoms with Crippen molar-refractivity contribution in [3.8, 4) is 0 Å². The molecule has 0 aromatic rings. The van der Waals surface area contributed by atoms with Crippen LogP contribution >= 0.6 is 0 Å². The van der Waals surface area contributed by atoms with Gasteiger partial charge in [-0.2, -0.15) is 0 Å². The molecule has 2 rings (SSSR count). The molecule has 0 aromatic carbocycles. The summed E-state index contributed by atoms with van der Waals surface area (Å²) in [5.74, 6) is -5.58. The number of imide groups is 2. The molecule has 20 nitrogen and oxygen atoms in total. The van der Waals surface area contributed by atoms with Crippen molar-refractivity contribution in [2.75, 3.05) is 65.9 Å². The molecule has 2 aliphatic rings. The molecule has 1 unspecified atom stereocenters. The van der Waals surface area contributed by atoms with E-state index in [9.17, 15) is 43.2 Å². The van der Waals surface area contributed by atoms with Crippen LogP contribution in [-0.2, 0) is 71.8 Å². The van der Waals surface area contributed by atoms with Crippen molar-refractivity contribution in [3.05, 3.63) is 0 Å². The topological polar surface area (TPSA) is 252 Å². The first-order valence-corrected chi connectivity index (χ1v) is 15.8. The quantitative estimate of drug-likeness (QED) is 0.0661. The molecular formula is C29H43N5O15. The summed E-state index contributed by atoms with van der Waals surface area (Å²) in [6, 6.07) is -0.836. The van der Waals surface area contributed by atoms with Gasteiger partial charge in [0, 0.05) is 38.8 Å². The van der Waals surface area contributed by atoms with E-state index in [4.69, 9.17) is 18.9 Å². The van der Waals surface area contributed by atoms with Crippen molar-refractivity contribution >= 4 is 53.3 Å². The first kappa shape index (κ1) is 40.6. The summed E-state index contributed by atoms with van der Waals surface area (Å²) >= 11 is 0. The molecule has 7 amide bonds. The van der Waals surface area contributed by atoms with E-state index in [1.807, 2.05) is 6.92 Å². The van der Waals surface area contributed by atoms with Crippen molar-refractivity contribution in [1.82, 2.24) is 26.1 Å². The Morgan fingerprint density at radius 2 is 1.06 bits per heavy atom. The molecule has 0 bridgehead atoms. The summed E-state index contributed by atoms with van der Waals surface area (Å²) in [7, 11) is 0. The lowest BCUT2D eigenvalue weighted by atomic mass is 10.1. The largest absolute Gasteiger partial charge is 0.369 e. The van der Waals surface area contributed by atoms with Crippen LogP contribution in [0.2, 0.25) is 0 Å². The lowest BCUT2D eigenvalue weighted by Crippen LogP contribution is -2.48. The molecule has 3 N–H and O–H groups in total. The maximum atomic E-state index is 12.6. The SMILES string of the molecule is CCCNC(=O)C(CCCCNC(=O)COCCOCC(=O)ON1C(=O)CCC1=O)NC(=O)COCCOCC(=O)ON1C(=O)CCC1=O. The zero-order valence-electron chi connectivity index (χ0n) is 27.3. The van der Waals surface area contributed by atoms with Gasteiger partial charge in [0.15, 0.2) is 0 Å². The number of unbranched alkanes of at least 4 members (excludes halogenated alkanes) is 1. The molecule has 2 heterocycles. The number of ether oxygens (including phenoxy) is 4. The highest BCUT2D eigenvalue weighted by Gasteiger charge is 2.33. The van der Waals surface area contributed by atoms with Crippen molar-refractivity contribution < 1.29 is 71.8 Å². The third-order valence-electron chi connectivity index (χ3n) is 6.49. The van der Waals surface area contributed by atoms with Crippen LogP contribution in [0, 0.1) is 0 Å². The molecule has 0 spiro atoms. The fraction of sp³-hybridized carbons (Fsp3) is 0.690. The zero-order chi connectivity index (χ0) is 36.0. The van der Waals surface area contributed by atoms with Gasteiger partial charge in [0.2, 0.25) is 17.7 Å². The Hall–Kier alpha value is -4.53. The number of nitrogens with zero attached hydrogens (tertiary/aromatic N) is 2. The number of hydrogen-bond acceptors (Lipinski definition) is 15. The molecule has 0 aliphatic carbocycles. The molecule has 20 heteroatoms. The zero-order valence-corrected chi connectivity index (χ0v) is 27.3. The van der Waals surface area contributed by atoms with Gasteiger partial charge in [0.25, 0.3) is 23.6 Å². The van der Waals surface area contributed by atoms with Gasteiger partial charge in [-0.05, 0) is 25.7 Å². The molecule has 0 aromatic heterocycles. The Kier molecular flexibility index (Phi) is 19.0. The summed E-state index contributed by atoms with van der Waals surface area (Å²) in [5, 5.41) is 8.84. The van der Waals surface area contributed by atoms with Crippen LogP contribution in [0.5, 0.6) is 0 Å². The standard InChI is InChI=1S/C29H43N5O15/c1-2-10-31-29(43)20(32-22(36)17-45-13-15-47-19-28(42)49-34-25(39)8-9-26(34)40)5-3-4-11-30-21(35)16-44-12-14-46-18-27(41)48-33-23(37)6-7-24(33)38/h20H,2-19H2,1H3,(H,30,35)(H,31,43)(H,32,36). The summed E-state index contributed by atoms with van der Waals surface area (Å²) < 4.78 is 20.5. The maximum absolute atomic E-state index is 12.6. The Balaban J connectivity index is 1.53. The molecule has 1 atom stereocenters. The second-order valence-electron chi connectivity index (χ2n) is 10.6. The van der Waals surface area contributed by atoms with Gasteiger partial charge in [0.05, 0.1) is 26.4 Å². The van der Waals surface area contributed by atoms with Crippen LogP contribution in [0.3, 0.4) is 0 Å². The Bertz CT molecular complexity index is 1160. The maximum Gasteiger partial charge on any atom is 0.358 e. The number of rotatable bonds is 25. The highest BCUT2D eigenvalue weighted by molar-refractivity contribution is 6.02. The van der Waals surface area contributed by atoms with E-state index in [2.05, 4.69) is 25.6 Å². The molecular weight excluding hydrogens is 658 g/mol. The van der Waals surface area contributed by atoms with Crippen molar-refractivity contribution in [1.29, 1.82) is 0 Å². The first-order chi connectivity index (χ1) is 23.5. The molecule has 2 aliphatic heterocycles. The molecule has 2 fully saturated rings. The summed E-state index contributed by atoms with van der Waals surface area (Å²) in [6.45, 7) is 0.703. The smallest absolute Gasteiger partial charge is 0.358 e. The summed E-state index contributed by atoms with van der Waals surface area (Å²) in [5.41, 5.74) is 0. The number of amides is 7. The van der Waals surface area contributed by atoms with Crippen molar-refractivity contribution in [2.45, 2.75) is 64.3 Å². The Labute approximate surface area is 281 Å². The van der Waals surface area contributed by atoms with Crippen molar-refractivity contribution in [3.63, 3.8) is 0 Å². The van der Waals surface area contributed by atoms with Gasteiger partial charge in [0.1, 0.15) is 32.5 Å². The first-order valence-electron chi connectivity index (χ1n) is 15.8. The number of nitrogens with one attached hydrogen (secondary N) is 3. The molecule has 0 radical (unpaired) electrons. The lowest BCUT2D eigenvalue weighted by Gasteiger charge is -2.18. The fourth-order valence-corrected chi connectivity index (χ4v) is 4.08. The normalized spacial score (nSPS) is 15.0. The number of hydrogen-bond donors (Lipinski definition) is 3. The predicted octanol–water partition coefficient (Wildman–Crippen LogP) is -2.44. The van der Waals surface area contributed by atoms with Crippen LogP contribution < -0.4 is 16.0 Å². The van der Waals surface area contributed by atoms with E-state index >= 15 is 0 Å². The Morgan fingerprint density at radius 3 is 1.53 bits per heavy atom.